The molecule has 86 valence electrons. The maximum absolute atomic E-state index is 11.4. The monoisotopic (exact) mass is 224 g/mol. The summed E-state index contributed by atoms with van der Waals surface area (Å²) < 4.78 is 4.73. The van der Waals surface area contributed by atoms with Gasteiger partial charge in [-0.1, -0.05) is 11.6 Å². The summed E-state index contributed by atoms with van der Waals surface area (Å²) >= 11 is 0. The first kappa shape index (κ1) is 12.0. The Morgan fingerprint density at radius 3 is 2.75 bits per heavy atom. The zero-order chi connectivity index (χ0) is 12.1. The molecular formula is C10H12N2O4. The van der Waals surface area contributed by atoms with Crippen molar-refractivity contribution in [3.63, 3.8) is 0 Å². The van der Waals surface area contributed by atoms with Crippen LogP contribution in [-0.4, -0.2) is 17.4 Å². The van der Waals surface area contributed by atoms with Crippen LogP contribution in [0.3, 0.4) is 0 Å². The van der Waals surface area contributed by atoms with Gasteiger partial charge in [0.1, 0.15) is 4.92 Å². The summed E-state index contributed by atoms with van der Waals surface area (Å²) in [6.45, 7) is 4.18. The average molecular weight is 224 g/mol. The second-order valence-corrected chi connectivity index (χ2v) is 3.39. The second-order valence-electron chi connectivity index (χ2n) is 3.39. The van der Waals surface area contributed by atoms with E-state index in [1.165, 1.54) is 6.07 Å². The molecule has 0 saturated heterocycles. The number of hydrogen-bond donors (Lipinski definition) is 1. The molecule has 1 aromatic heterocycles. The van der Waals surface area contributed by atoms with E-state index < -0.39 is 16.7 Å². The van der Waals surface area contributed by atoms with Crippen LogP contribution in [0.1, 0.15) is 24.4 Å². The summed E-state index contributed by atoms with van der Waals surface area (Å²) in [6.07, 6.45) is 1.83. The van der Waals surface area contributed by atoms with Crippen molar-refractivity contribution >= 4 is 11.8 Å². The van der Waals surface area contributed by atoms with Crippen molar-refractivity contribution in [2.45, 2.75) is 13.8 Å². The van der Waals surface area contributed by atoms with Crippen LogP contribution in [0.5, 0.6) is 0 Å². The summed E-state index contributed by atoms with van der Waals surface area (Å²) in [7, 11) is 0. The van der Waals surface area contributed by atoms with E-state index in [0.29, 0.717) is 6.54 Å². The maximum atomic E-state index is 11.4. The number of rotatable bonds is 4. The van der Waals surface area contributed by atoms with Crippen molar-refractivity contribution in [1.82, 2.24) is 5.32 Å². The molecule has 0 radical (unpaired) electrons. The normalized spacial score (nSPS) is 9.62. The lowest BCUT2D eigenvalue weighted by atomic mass is 10.3. The van der Waals surface area contributed by atoms with Crippen molar-refractivity contribution in [2.24, 2.45) is 0 Å². The molecule has 0 spiro atoms. The first-order valence-electron chi connectivity index (χ1n) is 4.66. The Labute approximate surface area is 92.1 Å². The largest absolute Gasteiger partial charge is 0.433 e. The van der Waals surface area contributed by atoms with Crippen molar-refractivity contribution in [3.8, 4) is 0 Å². The highest BCUT2D eigenvalue weighted by Crippen LogP contribution is 2.15. The maximum Gasteiger partial charge on any atom is 0.433 e. The van der Waals surface area contributed by atoms with Crippen molar-refractivity contribution in [3.05, 3.63) is 39.7 Å². The van der Waals surface area contributed by atoms with Crippen LogP contribution in [-0.2, 0) is 0 Å². The molecule has 6 heteroatoms. The van der Waals surface area contributed by atoms with E-state index in [2.05, 4.69) is 5.32 Å². The van der Waals surface area contributed by atoms with Crippen LogP contribution in [0.15, 0.2) is 28.2 Å². The Hall–Kier alpha value is -2.11. The first-order valence-corrected chi connectivity index (χ1v) is 4.66. The van der Waals surface area contributed by atoms with Crippen LogP contribution in [0.4, 0.5) is 5.88 Å². The third-order valence-electron chi connectivity index (χ3n) is 1.77. The zero-order valence-electron chi connectivity index (χ0n) is 9.02. The Balaban J connectivity index is 2.59. The van der Waals surface area contributed by atoms with Gasteiger partial charge in [-0.05, 0) is 19.9 Å². The molecule has 6 nitrogen and oxygen atoms in total. The zero-order valence-corrected chi connectivity index (χ0v) is 9.02. The minimum atomic E-state index is -0.688. The van der Waals surface area contributed by atoms with Crippen molar-refractivity contribution in [1.29, 1.82) is 0 Å². The highest BCUT2D eigenvalue weighted by atomic mass is 16.6. The Morgan fingerprint density at radius 1 is 1.56 bits per heavy atom. The van der Waals surface area contributed by atoms with Gasteiger partial charge in [-0.2, -0.15) is 0 Å². The molecule has 1 rings (SSSR count). The fraction of sp³-hybridized carbons (Fsp3) is 0.300. The van der Waals surface area contributed by atoms with Crippen LogP contribution >= 0.6 is 0 Å². The number of amides is 1. The van der Waals surface area contributed by atoms with Crippen LogP contribution in [0.25, 0.3) is 0 Å². The number of nitrogens with one attached hydrogen (secondary N) is 1. The number of carbonyl (C=O) groups is 1. The molecule has 0 atom stereocenters. The summed E-state index contributed by atoms with van der Waals surface area (Å²) in [5.74, 6) is -0.966. The highest BCUT2D eigenvalue weighted by molar-refractivity contribution is 5.91. The number of nitrogens with zero attached hydrogens (tertiary/aromatic N) is 1. The van der Waals surface area contributed by atoms with Gasteiger partial charge in [-0.25, -0.2) is 0 Å². The van der Waals surface area contributed by atoms with E-state index in [4.69, 9.17) is 4.42 Å². The summed E-state index contributed by atoms with van der Waals surface area (Å²) in [6, 6.07) is 2.42. The van der Waals surface area contributed by atoms with Crippen molar-refractivity contribution < 1.29 is 14.1 Å². The highest BCUT2D eigenvalue weighted by Gasteiger charge is 2.16. The lowest BCUT2D eigenvalue weighted by molar-refractivity contribution is -0.402. The summed E-state index contributed by atoms with van der Waals surface area (Å²) in [5.41, 5.74) is 1.07. The lowest BCUT2D eigenvalue weighted by Gasteiger charge is -1.98. The molecule has 0 fully saturated rings. The average Bonchev–Trinajstić information content (AvgIpc) is 2.65. The third-order valence-corrected chi connectivity index (χ3v) is 1.77. The smallest absolute Gasteiger partial charge is 0.395 e. The van der Waals surface area contributed by atoms with Gasteiger partial charge in [-0.15, -0.1) is 0 Å². The second kappa shape index (κ2) is 5.11. The van der Waals surface area contributed by atoms with Crippen LogP contribution in [0, 0.1) is 10.1 Å². The van der Waals surface area contributed by atoms with Gasteiger partial charge in [0.2, 0.25) is 0 Å². The van der Waals surface area contributed by atoms with Crippen LogP contribution < -0.4 is 5.32 Å². The van der Waals surface area contributed by atoms with Gasteiger partial charge in [0.15, 0.2) is 5.76 Å². The fourth-order valence-electron chi connectivity index (χ4n) is 0.983. The number of furan rings is 1. The van der Waals surface area contributed by atoms with E-state index in [1.807, 2.05) is 19.9 Å². The number of allylic oxidation sites excluding steroid dienone is 1. The Kier molecular flexibility index (Phi) is 3.82. The molecule has 0 saturated carbocycles. The summed E-state index contributed by atoms with van der Waals surface area (Å²) in [5, 5.41) is 12.9. The molecule has 0 unspecified atom stereocenters. The van der Waals surface area contributed by atoms with E-state index in [9.17, 15) is 14.9 Å². The first-order chi connectivity index (χ1) is 7.50. The number of hydrogen-bond acceptors (Lipinski definition) is 4. The molecule has 0 aliphatic rings. The van der Waals surface area contributed by atoms with Gasteiger partial charge in [-0.3, -0.25) is 14.9 Å². The molecule has 0 aromatic carbocycles. The fourth-order valence-corrected chi connectivity index (χ4v) is 0.983. The topological polar surface area (TPSA) is 85.4 Å². The standard InChI is InChI=1S/C10H12N2O4/c1-7(2)5-6-11-10(13)8-3-4-9(16-8)12(14)15/h3-5H,6H2,1-2H3,(H,11,13). The molecule has 1 amide bonds. The molecule has 0 bridgehead atoms. The molecule has 0 aliphatic carbocycles. The molecule has 1 N–H and O–H groups in total. The van der Waals surface area contributed by atoms with Gasteiger partial charge in [0.25, 0.3) is 5.91 Å². The molecular weight excluding hydrogens is 212 g/mol. The molecule has 16 heavy (non-hydrogen) atoms. The Bertz CT molecular complexity index is 430. The van der Waals surface area contributed by atoms with E-state index in [1.54, 1.807) is 0 Å². The predicted molar refractivity (Wildman–Crippen MR) is 57.1 cm³/mol. The molecule has 0 aliphatic heterocycles. The van der Waals surface area contributed by atoms with Crippen LogP contribution in [0.2, 0.25) is 0 Å². The van der Waals surface area contributed by atoms with E-state index in [0.717, 1.165) is 11.6 Å². The lowest BCUT2D eigenvalue weighted by Crippen LogP contribution is -2.22. The van der Waals surface area contributed by atoms with Crippen molar-refractivity contribution in [2.75, 3.05) is 6.54 Å². The Morgan fingerprint density at radius 2 is 2.25 bits per heavy atom. The summed E-state index contributed by atoms with van der Waals surface area (Å²) in [4.78, 5) is 21.0. The van der Waals surface area contributed by atoms with Gasteiger partial charge >= 0.3 is 5.88 Å². The van der Waals surface area contributed by atoms with Gasteiger partial charge in [0.05, 0.1) is 6.07 Å². The SMILES string of the molecule is CC(C)=CCNC(=O)c1ccc([N+](=O)[O-])o1. The van der Waals surface area contributed by atoms with E-state index >= 15 is 0 Å². The number of nitro groups is 1. The molecule has 1 heterocycles. The predicted octanol–water partition coefficient (Wildman–Crippen LogP) is 1.88. The van der Waals surface area contributed by atoms with E-state index in [-0.39, 0.29) is 5.76 Å². The van der Waals surface area contributed by atoms with Gasteiger partial charge < -0.3 is 9.73 Å². The quantitative estimate of drug-likeness (QED) is 0.480. The molecule has 1 aromatic rings. The number of carbonyl (C=O) groups excluding carboxylic acids is 1. The minimum absolute atomic E-state index is 0.0612. The minimum Gasteiger partial charge on any atom is -0.395 e. The third kappa shape index (κ3) is 3.23. The van der Waals surface area contributed by atoms with Gasteiger partial charge in [0, 0.05) is 6.54 Å².